The highest BCUT2D eigenvalue weighted by atomic mass is 35.5. The summed E-state index contributed by atoms with van der Waals surface area (Å²) < 4.78 is 5.13. The molecular weight excluding hydrogens is 280 g/mol. The number of carbonyl (C=O) groups is 2. The van der Waals surface area contributed by atoms with Crippen molar-refractivity contribution in [3.8, 4) is 0 Å². The second-order valence-electron chi connectivity index (χ2n) is 5.28. The van der Waals surface area contributed by atoms with Crippen molar-refractivity contribution in [2.75, 3.05) is 11.9 Å². The Hall–Kier alpha value is -1.59. The number of hydrogen-bond donors (Lipinski definition) is 2. The molecule has 6 heteroatoms. The van der Waals surface area contributed by atoms with Crippen LogP contribution < -0.4 is 11.1 Å². The summed E-state index contributed by atoms with van der Waals surface area (Å²) in [4.78, 5) is 23.4. The second kappa shape index (κ2) is 6.72. The Morgan fingerprint density at radius 2 is 2.00 bits per heavy atom. The van der Waals surface area contributed by atoms with E-state index in [1.807, 2.05) is 0 Å². The van der Waals surface area contributed by atoms with Gasteiger partial charge in [-0.25, -0.2) is 4.79 Å². The van der Waals surface area contributed by atoms with Gasteiger partial charge in [-0.1, -0.05) is 11.6 Å². The first-order valence-electron chi connectivity index (χ1n) is 6.26. The Bertz CT molecular complexity index is 510. The molecule has 0 spiro atoms. The van der Waals surface area contributed by atoms with Crippen LogP contribution in [0.5, 0.6) is 0 Å². The first-order valence-corrected chi connectivity index (χ1v) is 6.63. The summed E-state index contributed by atoms with van der Waals surface area (Å²) in [6, 6.07) is 4.67. The second-order valence-corrected chi connectivity index (χ2v) is 5.69. The van der Waals surface area contributed by atoms with Gasteiger partial charge in [-0.3, -0.25) is 10.1 Å². The van der Waals surface area contributed by atoms with Crippen LogP contribution >= 0.6 is 11.6 Å². The van der Waals surface area contributed by atoms with Gasteiger partial charge in [0, 0.05) is 12.0 Å². The fourth-order valence-corrected chi connectivity index (χ4v) is 1.65. The monoisotopic (exact) mass is 298 g/mol. The standard InChI is InChI=1S/C14H19ClN2O3/c1-14(2,3)20-13(19)17-11-8-9(4-5-10(11)15)12(18)6-7-16/h4-5,8H,6-7,16H2,1-3H3,(H,17,19). The topological polar surface area (TPSA) is 81.4 Å². The summed E-state index contributed by atoms with van der Waals surface area (Å²) in [5.74, 6) is -0.101. The molecule has 0 aromatic heterocycles. The normalized spacial score (nSPS) is 11.1. The third-order valence-electron chi connectivity index (χ3n) is 2.30. The van der Waals surface area contributed by atoms with Crippen LogP contribution in [-0.4, -0.2) is 24.0 Å². The zero-order valence-corrected chi connectivity index (χ0v) is 12.6. The summed E-state index contributed by atoms with van der Waals surface area (Å²) in [7, 11) is 0. The molecule has 0 saturated carbocycles. The first-order chi connectivity index (χ1) is 9.23. The number of hydrogen-bond acceptors (Lipinski definition) is 4. The highest BCUT2D eigenvalue weighted by Gasteiger charge is 2.17. The van der Waals surface area contributed by atoms with E-state index >= 15 is 0 Å². The predicted molar refractivity (Wildman–Crippen MR) is 79.3 cm³/mol. The Morgan fingerprint density at radius 1 is 1.35 bits per heavy atom. The minimum atomic E-state index is -0.622. The van der Waals surface area contributed by atoms with Gasteiger partial charge in [-0.05, 0) is 45.5 Å². The number of halogens is 1. The van der Waals surface area contributed by atoms with E-state index in [-0.39, 0.29) is 18.7 Å². The molecule has 0 aliphatic rings. The highest BCUT2D eigenvalue weighted by Crippen LogP contribution is 2.24. The van der Waals surface area contributed by atoms with E-state index < -0.39 is 11.7 Å². The molecule has 0 radical (unpaired) electrons. The Labute approximate surface area is 123 Å². The Balaban J connectivity index is 2.87. The molecule has 3 N–H and O–H groups in total. The number of anilines is 1. The van der Waals surface area contributed by atoms with Gasteiger partial charge < -0.3 is 10.5 Å². The minimum absolute atomic E-state index is 0.101. The van der Waals surface area contributed by atoms with Crippen molar-refractivity contribution >= 4 is 29.2 Å². The van der Waals surface area contributed by atoms with Crippen LogP contribution in [0, 0.1) is 0 Å². The number of rotatable bonds is 4. The summed E-state index contributed by atoms with van der Waals surface area (Å²) >= 11 is 5.99. The molecule has 1 rings (SSSR count). The predicted octanol–water partition coefficient (Wildman–Crippen LogP) is 3.22. The van der Waals surface area contributed by atoms with Gasteiger partial charge in [0.05, 0.1) is 10.7 Å². The molecule has 110 valence electrons. The van der Waals surface area contributed by atoms with Crippen LogP contribution in [0.1, 0.15) is 37.6 Å². The molecule has 5 nitrogen and oxygen atoms in total. The number of ketones is 1. The maximum atomic E-state index is 11.8. The van der Waals surface area contributed by atoms with E-state index in [9.17, 15) is 9.59 Å². The molecule has 1 aromatic rings. The number of ether oxygens (including phenoxy) is 1. The number of nitrogens with one attached hydrogen (secondary N) is 1. The van der Waals surface area contributed by atoms with Crippen LogP contribution in [0.4, 0.5) is 10.5 Å². The SMILES string of the molecule is CC(C)(C)OC(=O)Nc1cc(C(=O)CCN)ccc1Cl. The van der Waals surface area contributed by atoms with Gasteiger partial charge in [-0.15, -0.1) is 0 Å². The molecule has 0 bridgehead atoms. The molecule has 0 unspecified atom stereocenters. The van der Waals surface area contributed by atoms with Crippen LogP contribution in [0.3, 0.4) is 0 Å². The average molecular weight is 299 g/mol. The molecule has 0 heterocycles. The third-order valence-corrected chi connectivity index (χ3v) is 2.62. The lowest BCUT2D eigenvalue weighted by Gasteiger charge is -2.20. The Kier molecular flexibility index (Phi) is 5.53. The minimum Gasteiger partial charge on any atom is -0.444 e. The molecular formula is C14H19ClN2O3. The van der Waals surface area contributed by atoms with E-state index in [4.69, 9.17) is 22.1 Å². The highest BCUT2D eigenvalue weighted by molar-refractivity contribution is 6.33. The van der Waals surface area contributed by atoms with E-state index in [1.54, 1.807) is 32.9 Å². The molecule has 1 amide bonds. The zero-order chi connectivity index (χ0) is 15.3. The lowest BCUT2D eigenvalue weighted by molar-refractivity contribution is 0.0635. The number of amides is 1. The zero-order valence-electron chi connectivity index (χ0n) is 11.8. The van der Waals surface area contributed by atoms with E-state index in [0.717, 1.165) is 0 Å². The van der Waals surface area contributed by atoms with Crippen molar-refractivity contribution in [3.63, 3.8) is 0 Å². The molecule has 0 atom stereocenters. The van der Waals surface area contributed by atoms with Gasteiger partial charge in [0.1, 0.15) is 5.60 Å². The van der Waals surface area contributed by atoms with Crippen LogP contribution in [-0.2, 0) is 4.74 Å². The smallest absolute Gasteiger partial charge is 0.412 e. The molecule has 0 aliphatic heterocycles. The van der Waals surface area contributed by atoms with Crippen molar-refractivity contribution < 1.29 is 14.3 Å². The van der Waals surface area contributed by atoms with E-state index in [0.29, 0.717) is 16.3 Å². The lowest BCUT2D eigenvalue weighted by Crippen LogP contribution is -2.27. The van der Waals surface area contributed by atoms with Crippen molar-refractivity contribution in [1.82, 2.24) is 0 Å². The maximum absolute atomic E-state index is 11.8. The van der Waals surface area contributed by atoms with Crippen molar-refractivity contribution in [1.29, 1.82) is 0 Å². The molecule has 0 saturated heterocycles. The Morgan fingerprint density at radius 3 is 2.55 bits per heavy atom. The van der Waals surface area contributed by atoms with Crippen molar-refractivity contribution in [2.24, 2.45) is 5.73 Å². The first kappa shape index (κ1) is 16.5. The van der Waals surface area contributed by atoms with Crippen LogP contribution in [0.15, 0.2) is 18.2 Å². The van der Waals surface area contributed by atoms with Crippen molar-refractivity contribution in [2.45, 2.75) is 32.8 Å². The summed E-state index contributed by atoms with van der Waals surface area (Å²) in [5, 5.41) is 2.86. The lowest BCUT2D eigenvalue weighted by atomic mass is 10.1. The van der Waals surface area contributed by atoms with Gasteiger partial charge in [0.25, 0.3) is 0 Å². The average Bonchev–Trinajstić information content (AvgIpc) is 2.29. The quantitative estimate of drug-likeness (QED) is 0.836. The molecule has 20 heavy (non-hydrogen) atoms. The van der Waals surface area contributed by atoms with Crippen LogP contribution in [0.2, 0.25) is 5.02 Å². The van der Waals surface area contributed by atoms with E-state index in [1.165, 1.54) is 6.07 Å². The fourth-order valence-electron chi connectivity index (χ4n) is 1.48. The largest absolute Gasteiger partial charge is 0.444 e. The maximum Gasteiger partial charge on any atom is 0.412 e. The number of carbonyl (C=O) groups excluding carboxylic acids is 2. The van der Waals surface area contributed by atoms with Gasteiger partial charge >= 0.3 is 6.09 Å². The molecule has 0 aliphatic carbocycles. The summed E-state index contributed by atoms with van der Waals surface area (Å²) in [6.45, 7) is 5.55. The van der Waals surface area contributed by atoms with Crippen LogP contribution in [0.25, 0.3) is 0 Å². The third kappa shape index (κ3) is 5.19. The van der Waals surface area contributed by atoms with Gasteiger partial charge in [0.15, 0.2) is 5.78 Å². The number of benzene rings is 1. The molecule has 1 aromatic carbocycles. The fraction of sp³-hybridized carbons (Fsp3) is 0.429. The molecule has 0 fully saturated rings. The summed E-state index contributed by atoms with van der Waals surface area (Å²) in [5.41, 5.74) is 5.53. The van der Waals surface area contributed by atoms with E-state index in [2.05, 4.69) is 5.32 Å². The van der Waals surface area contributed by atoms with Gasteiger partial charge in [0.2, 0.25) is 0 Å². The van der Waals surface area contributed by atoms with Gasteiger partial charge in [-0.2, -0.15) is 0 Å². The van der Waals surface area contributed by atoms with Crippen molar-refractivity contribution in [3.05, 3.63) is 28.8 Å². The number of nitrogens with two attached hydrogens (primary N) is 1. The number of Topliss-reactive ketones (excluding diaryl/α,β-unsaturated/α-hetero) is 1. The summed E-state index contributed by atoms with van der Waals surface area (Å²) in [6.07, 6.45) is -0.379.